The van der Waals surface area contributed by atoms with E-state index in [0.29, 0.717) is 48.3 Å². The third-order valence-electron chi connectivity index (χ3n) is 6.49. The molecule has 5 nitrogen and oxygen atoms in total. The predicted molar refractivity (Wildman–Crippen MR) is 114 cm³/mol. The van der Waals surface area contributed by atoms with E-state index in [9.17, 15) is 4.79 Å². The number of thiophene rings is 1. The zero-order chi connectivity index (χ0) is 20.8. The molecule has 0 saturated heterocycles. The Morgan fingerprint density at radius 2 is 2.17 bits per heavy atom. The minimum absolute atomic E-state index is 0.00350. The molecular formula is C23H29NO4S. The SMILES string of the molecule is COc1cc(OCCCO)ccc1CNC(=O)c1sc(C)c2c1C[C@@H]1[C@H]2C1(C)C. The zero-order valence-corrected chi connectivity index (χ0v) is 18.3. The highest BCUT2D eigenvalue weighted by molar-refractivity contribution is 7.14. The molecule has 1 aromatic heterocycles. The Balaban J connectivity index is 1.43. The van der Waals surface area contributed by atoms with Gasteiger partial charge in [0, 0.05) is 36.1 Å². The molecule has 2 aliphatic carbocycles. The van der Waals surface area contributed by atoms with Crippen LogP contribution in [0.25, 0.3) is 0 Å². The van der Waals surface area contributed by atoms with Gasteiger partial charge in [0.15, 0.2) is 0 Å². The molecule has 1 fully saturated rings. The maximum atomic E-state index is 12.9. The van der Waals surface area contributed by atoms with Crippen molar-refractivity contribution in [3.05, 3.63) is 44.6 Å². The van der Waals surface area contributed by atoms with E-state index in [2.05, 4.69) is 26.1 Å². The summed E-state index contributed by atoms with van der Waals surface area (Å²) in [4.78, 5) is 15.1. The van der Waals surface area contributed by atoms with Gasteiger partial charge in [0.25, 0.3) is 5.91 Å². The summed E-state index contributed by atoms with van der Waals surface area (Å²) in [6, 6.07) is 5.60. The van der Waals surface area contributed by atoms with Crippen LogP contribution in [0.5, 0.6) is 11.5 Å². The third kappa shape index (κ3) is 3.53. The van der Waals surface area contributed by atoms with Crippen molar-refractivity contribution in [2.45, 2.75) is 46.1 Å². The molecule has 6 heteroatoms. The van der Waals surface area contributed by atoms with Crippen molar-refractivity contribution in [3.63, 3.8) is 0 Å². The summed E-state index contributed by atoms with van der Waals surface area (Å²) >= 11 is 1.63. The Morgan fingerprint density at radius 1 is 1.38 bits per heavy atom. The molecule has 2 atom stereocenters. The standard InChI is InChI=1S/C23H29NO4S/c1-13-19-16(11-17-20(19)23(17,2)3)21(29-13)22(26)24-12-14-6-7-15(10-18(14)27-4)28-9-5-8-25/h6-7,10,17,20,25H,5,8-9,11-12H2,1-4H3,(H,24,26)/t17-,20-/m1/s1. The minimum Gasteiger partial charge on any atom is -0.496 e. The van der Waals surface area contributed by atoms with Crippen LogP contribution in [0.1, 0.15) is 57.4 Å². The van der Waals surface area contributed by atoms with Crippen LogP contribution in [0.2, 0.25) is 0 Å². The summed E-state index contributed by atoms with van der Waals surface area (Å²) in [5.41, 5.74) is 4.02. The number of carbonyl (C=O) groups is 1. The number of hydrogen-bond donors (Lipinski definition) is 2. The van der Waals surface area contributed by atoms with Crippen LogP contribution in [0, 0.1) is 18.3 Å². The molecule has 2 aromatic rings. The van der Waals surface area contributed by atoms with E-state index in [1.54, 1.807) is 18.4 Å². The normalized spacial score (nSPS) is 20.7. The minimum atomic E-state index is 0.00350. The van der Waals surface area contributed by atoms with E-state index in [0.717, 1.165) is 16.9 Å². The Hall–Kier alpha value is -2.05. The molecule has 0 radical (unpaired) electrons. The molecule has 29 heavy (non-hydrogen) atoms. The lowest BCUT2D eigenvalue weighted by atomic mass is 9.95. The second-order valence-corrected chi connectivity index (χ2v) is 9.80. The first-order chi connectivity index (χ1) is 13.9. The molecule has 0 bridgehead atoms. The molecule has 1 amide bonds. The summed E-state index contributed by atoms with van der Waals surface area (Å²) in [6.07, 6.45) is 1.62. The van der Waals surface area contributed by atoms with Gasteiger partial charge < -0.3 is 19.9 Å². The van der Waals surface area contributed by atoms with E-state index in [4.69, 9.17) is 14.6 Å². The lowest BCUT2D eigenvalue weighted by molar-refractivity contribution is 0.0953. The number of rotatable bonds is 8. The van der Waals surface area contributed by atoms with Crippen LogP contribution in [-0.4, -0.2) is 31.3 Å². The number of hydrogen-bond acceptors (Lipinski definition) is 5. The second kappa shape index (κ2) is 7.65. The van der Waals surface area contributed by atoms with Gasteiger partial charge in [-0.25, -0.2) is 0 Å². The number of methoxy groups -OCH3 is 1. The van der Waals surface area contributed by atoms with E-state index < -0.39 is 0 Å². The fourth-order valence-corrected chi connectivity index (χ4v) is 5.93. The van der Waals surface area contributed by atoms with Crippen LogP contribution in [0.4, 0.5) is 0 Å². The Labute approximate surface area is 176 Å². The Bertz CT molecular complexity index is 933. The molecule has 1 heterocycles. The summed E-state index contributed by atoms with van der Waals surface area (Å²) in [5, 5.41) is 11.9. The van der Waals surface area contributed by atoms with Crippen molar-refractivity contribution in [1.82, 2.24) is 5.32 Å². The number of ether oxygens (including phenoxy) is 2. The van der Waals surface area contributed by atoms with E-state index in [-0.39, 0.29) is 12.5 Å². The molecule has 156 valence electrons. The monoisotopic (exact) mass is 415 g/mol. The van der Waals surface area contributed by atoms with Gasteiger partial charge in [0.05, 0.1) is 18.6 Å². The van der Waals surface area contributed by atoms with Gasteiger partial charge in [-0.3, -0.25) is 4.79 Å². The van der Waals surface area contributed by atoms with Crippen molar-refractivity contribution in [3.8, 4) is 11.5 Å². The number of fused-ring (bicyclic) bond motifs is 3. The van der Waals surface area contributed by atoms with Crippen LogP contribution in [-0.2, 0) is 13.0 Å². The van der Waals surface area contributed by atoms with Gasteiger partial charge in [0.2, 0.25) is 0 Å². The van der Waals surface area contributed by atoms with Gasteiger partial charge in [0.1, 0.15) is 11.5 Å². The molecule has 2 aliphatic rings. The number of aliphatic hydroxyl groups is 1. The lowest BCUT2D eigenvalue weighted by Crippen LogP contribution is -2.23. The summed E-state index contributed by atoms with van der Waals surface area (Å²) in [6.45, 7) is 7.79. The number of aryl methyl sites for hydroxylation is 1. The van der Waals surface area contributed by atoms with Crippen LogP contribution < -0.4 is 14.8 Å². The maximum absolute atomic E-state index is 12.9. The summed E-state index contributed by atoms with van der Waals surface area (Å²) < 4.78 is 11.1. The Morgan fingerprint density at radius 3 is 2.90 bits per heavy atom. The third-order valence-corrected chi connectivity index (χ3v) is 7.66. The zero-order valence-electron chi connectivity index (χ0n) is 17.5. The quantitative estimate of drug-likeness (QED) is 0.638. The molecule has 0 aliphatic heterocycles. The van der Waals surface area contributed by atoms with Crippen molar-refractivity contribution < 1.29 is 19.4 Å². The summed E-state index contributed by atoms with van der Waals surface area (Å²) in [7, 11) is 1.61. The predicted octanol–water partition coefficient (Wildman–Crippen LogP) is 4.05. The highest BCUT2D eigenvalue weighted by Gasteiger charge is 2.63. The van der Waals surface area contributed by atoms with Crippen molar-refractivity contribution in [2.24, 2.45) is 11.3 Å². The highest BCUT2D eigenvalue weighted by Crippen LogP contribution is 2.71. The average Bonchev–Trinajstić information content (AvgIpc) is 3.04. The number of amides is 1. The molecule has 4 rings (SSSR count). The molecule has 0 spiro atoms. The van der Waals surface area contributed by atoms with Crippen molar-refractivity contribution >= 4 is 17.2 Å². The Kier molecular flexibility index (Phi) is 5.34. The van der Waals surface area contributed by atoms with Crippen molar-refractivity contribution in [1.29, 1.82) is 0 Å². The molecular weight excluding hydrogens is 386 g/mol. The van der Waals surface area contributed by atoms with E-state index in [1.807, 2.05) is 18.2 Å². The van der Waals surface area contributed by atoms with Crippen LogP contribution in [0.15, 0.2) is 18.2 Å². The fourth-order valence-electron chi connectivity index (χ4n) is 4.79. The smallest absolute Gasteiger partial charge is 0.261 e. The number of aliphatic hydroxyl groups excluding tert-OH is 1. The van der Waals surface area contributed by atoms with Gasteiger partial charge in [-0.05, 0) is 53.9 Å². The molecule has 0 unspecified atom stereocenters. The van der Waals surface area contributed by atoms with Crippen molar-refractivity contribution in [2.75, 3.05) is 20.3 Å². The molecule has 2 N–H and O–H groups in total. The first-order valence-electron chi connectivity index (χ1n) is 10.2. The summed E-state index contributed by atoms with van der Waals surface area (Å²) in [5.74, 6) is 2.71. The lowest BCUT2D eigenvalue weighted by Gasteiger charge is -2.13. The maximum Gasteiger partial charge on any atom is 0.261 e. The van der Waals surface area contributed by atoms with Crippen LogP contribution >= 0.6 is 11.3 Å². The topological polar surface area (TPSA) is 67.8 Å². The number of nitrogens with one attached hydrogen (secondary N) is 1. The average molecular weight is 416 g/mol. The largest absolute Gasteiger partial charge is 0.496 e. The van der Waals surface area contributed by atoms with E-state index >= 15 is 0 Å². The van der Waals surface area contributed by atoms with Gasteiger partial charge in [-0.1, -0.05) is 13.8 Å². The van der Waals surface area contributed by atoms with Gasteiger partial charge >= 0.3 is 0 Å². The number of carbonyl (C=O) groups excluding carboxylic acids is 1. The highest BCUT2D eigenvalue weighted by atomic mass is 32.1. The first kappa shape index (κ1) is 20.2. The van der Waals surface area contributed by atoms with Crippen LogP contribution in [0.3, 0.4) is 0 Å². The first-order valence-corrected chi connectivity index (χ1v) is 11.0. The second-order valence-electron chi connectivity index (χ2n) is 8.57. The van der Waals surface area contributed by atoms with E-state index in [1.165, 1.54) is 16.0 Å². The molecule has 1 saturated carbocycles. The fraction of sp³-hybridized carbons (Fsp3) is 0.522. The van der Waals surface area contributed by atoms with Gasteiger partial charge in [-0.15, -0.1) is 11.3 Å². The number of benzene rings is 1. The van der Waals surface area contributed by atoms with Gasteiger partial charge in [-0.2, -0.15) is 0 Å². The molecule has 1 aromatic carbocycles.